The van der Waals surface area contributed by atoms with Gasteiger partial charge in [0.25, 0.3) is 0 Å². The molecule has 1 saturated heterocycles. The third-order valence-electron chi connectivity index (χ3n) is 6.72. The van der Waals surface area contributed by atoms with Crippen LogP contribution in [-0.4, -0.2) is 52.5 Å². The van der Waals surface area contributed by atoms with E-state index in [1.807, 2.05) is 29.3 Å². The summed E-state index contributed by atoms with van der Waals surface area (Å²) in [4.78, 5) is 21.8. The first-order valence-corrected chi connectivity index (χ1v) is 11.3. The van der Waals surface area contributed by atoms with Gasteiger partial charge in [0.15, 0.2) is 0 Å². The molecule has 160 valence electrons. The molecular weight excluding hydrogens is 374 g/mol. The molecule has 0 bridgehead atoms. The molecule has 2 aromatic rings. The van der Waals surface area contributed by atoms with E-state index in [4.69, 9.17) is 4.74 Å². The third-order valence-corrected chi connectivity index (χ3v) is 6.72. The fourth-order valence-electron chi connectivity index (χ4n) is 4.99. The number of aromatic nitrogens is 1. The molecule has 1 aromatic heterocycles. The number of carbonyl (C=O) groups is 1. The molecule has 0 aliphatic carbocycles. The van der Waals surface area contributed by atoms with Gasteiger partial charge < -0.3 is 9.64 Å². The van der Waals surface area contributed by atoms with E-state index in [0.717, 1.165) is 63.4 Å². The van der Waals surface area contributed by atoms with Gasteiger partial charge in [0, 0.05) is 51.3 Å². The largest absolute Gasteiger partial charge is 0.487 e. The van der Waals surface area contributed by atoms with Crippen molar-refractivity contribution in [1.82, 2.24) is 14.8 Å². The number of para-hydroxylation sites is 1. The smallest absolute Gasteiger partial charge is 0.223 e. The minimum atomic E-state index is -0.164. The number of fused-ring (bicyclic) bond motifs is 1. The number of hydrogen-bond donors (Lipinski definition) is 0. The highest BCUT2D eigenvalue weighted by molar-refractivity contribution is 5.77. The molecule has 5 heteroatoms. The second-order valence-electron chi connectivity index (χ2n) is 8.59. The molecule has 0 unspecified atom stereocenters. The molecule has 1 fully saturated rings. The lowest BCUT2D eigenvalue weighted by Crippen LogP contribution is -2.50. The Morgan fingerprint density at radius 3 is 2.57 bits per heavy atom. The Bertz CT molecular complexity index is 842. The maximum atomic E-state index is 12.9. The number of pyridine rings is 1. The Hall–Kier alpha value is -2.40. The van der Waals surface area contributed by atoms with Crippen LogP contribution in [0.2, 0.25) is 0 Å². The van der Waals surface area contributed by atoms with Crippen molar-refractivity contribution >= 4 is 5.91 Å². The SMILES string of the molecule is CCN(CC)C(=O)C[C@H]1CC2(CCN(Cc3ccccn3)CC2)Oc2ccccc21. The van der Waals surface area contributed by atoms with Crippen molar-refractivity contribution in [2.24, 2.45) is 0 Å². The highest BCUT2D eigenvalue weighted by Crippen LogP contribution is 2.46. The summed E-state index contributed by atoms with van der Waals surface area (Å²) in [6.45, 7) is 8.53. The Morgan fingerprint density at radius 2 is 1.87 bits per heavy atom. The van der Waals surface area contributed by atoms with Crippen LogP contribution < -0.4 is 4.74 Å². The number of likely N-dealkylation sites (tertiary alicyclic amines) is 1. The summed E-state index contributed by atoms with van der Waals surface area (Å²) in [6.07, 6.45) is 5.34. The average molecular weight is 408 g/mol. The van der Waals surface area contributed by atoms with Crippen LogP contribution in [-0.2, 0) is 11.3 Å². The molecule has 1 spiro atoms. The summed E-state index contributed by atoms with van der Waals surface area (Å²) in [5.74, 6) is 1.45. The first kappa shape index (κ1) is 20.9. The number of hydrogen-bond acceptors (Lipinski definition) is 4. The molecule has 5 nitrogen and oxygen atoms in total. The average Bonchev–Trinajstić information content (AvgIpc) is 2.77. The molecule has 0 radical (unpaired) electrons. The van der Waals surface area contributed by atoms with E-state index in [9.17, 15) is 4.79 Å². The summed E-state index contributed by atoms with van der Waals surface area (Å²) >= 11 is 0. The molecule has 1 aromatic carbocycles. The predicted octanol–water partition coefficient (Wildman–Crippen LogP) is 4.24. The van der Waals surface area contributed by atoms with E-state index in [2.05, 4.69) is 48.0 Å². The molecule has 0 saturated carbocycles. The van der Waals surface area contributed by atoms with Crippen molar-refractivity contribution in [3.63, 3.8) is 0 Å². The van der Waals surface area contributed by atoms with Gasteiger partial charge in [-0.25, -0.2) is 0 Å². The number of amides is 1. The summed E-state index contributed by atoms with van der Waals surface area (Å²) in [6, 6.07) is 14.4. The number of rotatable bonds is 6. The van der Waals surface area contributed by atoms with Crippen LogP contribution in [0.1, 0.15) is 56.7 Å². The van der Waals surface area contributed by atoms with Crippen LogP contribution in [0.25, 0.3) is 0 Å². The molecule has 2 aliphatic heterocycles. The van der Waals surface area contributed by atoms with Crippen molar-refractivity contribution in [3.05, 3.63) is 59.9 Å². The van der Waals surface area contributed by atoms with Gasteiger partial charge >= 0.3 is 0 Å². The van der Waals surface area contributed by atoms with Gasteiger partial charge in [0.05, 0.1) is 5.69 Å². The molecule has 0 N–H and O–H groups in total. The first-order valence-electron chi connectivity index (χ1n) is 11.3. The van der Waals surface area contributed by atoms with Gasteiger partial charge in [-0.05, 0) is 56.9 Å². The maximum Gasteiger partial charge on any atom is 0.223 e. The maximum absolute atomic E-state index is 12.9. The highest BCUT2D eigenvalue weighted by Gasteiger charge is 2.43. The van der Waals surface area contributed by atoms with E-state index in [0.29, 0.717) is 6.42 Å². The van der Waals surface area contributed by atoms with Crippen LogP contribution in [0.15, 0.2) is 48.7 Å². The number of nitrogens with zero attached hydrogens (tertiary/aromatic N) is 3. The first-order chi connectivity index (χ1) is 14.6. The quantitative estimate of drug-likeness (QED) is 0.718. The molecule has 4 rings (SSSR count). The number of piperidine rings is 1. The van der Waals surface area contributed by atoms with Crippen LogP contribution >= 0.6 is 0 Å². The van der Waals surface area contributed by atoms with Crippen LogP contribution in [0.5, 0.6) is 5.75 Å². The van der Waals surface area contributed by atoms with Crippen molar-refractivity contribution < 1.29 is 9.53 Å². The van der Waals surface area contributed by atoms with Gasteiger partial charge in [0.1, 0.15) is 11.4 Å². The van der Waals surface area contributed by atoms with E-state index in [1.165, 1.54) is 5.56 Å². The Kier molecular flexibility index (Phi) is 6.38. The zero-order valence-corrected chi connectivity index (χ0v) is 18.2. The predicted molar refractivity (Wildman–Crippen MR) is 118 cm³/mol. The normalized spacial score (nSPS) is 20.4. The van der Waals surface area contributed by atoms with Crippen molar-refractivity contribution in [2.75, 3.05) is 26.2 Å². The van der Waals surface area contributed by atoms with Crippen molar-refractivity contribution in [1.29, 1.82) is 0 Å². The second-order valence-corrected chi connectivity index (χ2v) is 8.59. The Labute approximate surface area is 180 Å². The summed E-state index contributed by atoms with van der Waals surface area (Å²) in [7, 11) is 0. The minimum Gasteiger partial charge on any atom is -0.487 e. The van der Waals surface area contributed by atoms with E-state index >= 15 is 0 Å². The molecule has 1 amide bonds. The molecule has 1 atom stereocenters. The van der Waals surface area contributed by atoms with Crippen LogP contribution in [0, 0.1) is 0 Å². The monoisotopic (exact) mass is 407 g/mol. The zero-order chi connectivity index (χ0) is 21.0. The lowest BCUT2D eigenvalue weighted by atomic mass is 9.76. The van der Waals surface area contributed by atoms with Gasteiger partial charge in [-0.3, -0.25) is 14.7 Å². The number of ether oxygens (including phenoxy) is 1. The van der Waals surface area contributed by atoms with Crippen LogP contribution in [0.4, 0.5) is 0 Å². The van der Waals surface area contributed by atoms with Gasteiger partial charge in [-0.2, -0.15) is 0 Å². The minimum absolute atomic E-state index is 0.164. The molecule has 30 heavy (non-hydrogen) atoms. The second kappa shape index (κ2) is 9.17. The lowest BCUT2D eigenvalue weighted by molar-refractivity contribution is -0.131. The van der Waals surface area contributed by atoms with Gasteiger partial charge in [-0.15, -0.1) is 0 Å². The highest BCUT2D eigenvalue weighted by atomic mass is 16.5. The van der Waals surface area contributed by atoms with Crippen LogP contribution in [0.3, 0.4) is 0 Å². The van der Waals surface area contributed by atoms with Crippen molar-refractivity contribution in [2.45, 2.75) is 57.6 Å². The standard InChI is InChI=1S/C25H33N3O2/c1-3-28(4-2)24(29)17-20-18-25(30-23-11-6-5-10-22(20)23)12-15-27(16-13-25)19-21-9-7-8-14-26-21/h5-11,14,20H,3-4,12-13,15-19H2,1-2H3/t20-/m0/s1. The summed E-state index contributed by atoms with van der Waals surface area (Å²) in [5, 5.41) is 0. The zero-order valence-electron chi connectivity index (χ0n) is 18.2. The Balaban J connectivity index is 1.47. The summed E-state index contributed by atoms with van der Waals surface area (Å²) < 4.78 is 6.62. The van der Waals surface area contributed by atoms with Gasteiger partial charge in [0.2, 0.25) is 5.91 Å². The topological polar surface area (TPSA) is 45.7 Å². The molecular formula is C25H33N3O2. The molecule has 2 aliphatic rings. The van der Waals surface area contributed by atoms with E-state index < -0.39 is 0 Å². The number of benzene rings is 1. The van der Waals surface area contributed by atoms with Crippen molar-refractivity contribution in [3.8, 4) is 5.75 Å². The molecule has 3 heterocycles. The van der Waals surface area contributed by atoms with E-state index in [-0.39, 0.29) is 17.4 Å². The fraction of sp³-hybridized carbons (Fsp3) is 0.520. The Morgan fingerprint density at radius 1 is 1.13 bits per heavy atom. The lowest BCUT2D eigenvalue weighted by Gasteiger charge is -2.47. The number of carbonyl (C=O) groups excluding carboxylic acids is 1. The fourth-order valence-corrected chi connectivity index (χ4v) is 4.99. The van der Waals surface area contributed by atoms with E-state index in [1.54, 1.807) is 0 Å². The summed E-state index contributed by atoms with van der Waals surface area (Å²) in [5.41, 5.74) is 2.15. The third kappa shape index (κ3) is 4.51. The van der Waals surface area contributed by atoms with Gasteiger partial charge in [-0.1, -0.05) is 24.3 Å².